The van der Waals surface area contributed by atoms with E-state index in [4.69, 9.17) is 52.4 Å². The lowest BCUT2D eigenvalue weighted by Crippen LogP contribution is -2.41. The van der Waals surface area contributed by atoms with E-state index in [0.29, 0.717) is 57.3 Å². The summed E-state index contributed by atoms with van der Waals surface area (Å²) >= 11 is 20.4. The fraction of sp³-hybridized carbons (Fsp3) is 0.300. The van der Waals surface area contributed by atoms with Crippen molar-refractivity contribution in [2.24, 2.45) is 10.2 Å². The Morgan fingerprint density at radius 2 is 0.982 bits per heavy atom. The molecule has 2 aliphatic heterocycles. The summed E-state index contributed by atoms with van der Waals surface area (Å²) < 4.78 is 23.8. The molecule has 0 bridgehead atoms. The van der Waals surface area contributed by atoms with Crippen LogP contribution in [0.1, 0.15) is 47.2 Å². The molecule has 2 heterocycles. The molecule has 0 aromatic heterocycles. The van der Waals surface area contributed by atoms with Gasteiger partial charge in [-0.25, -0.2) is 19.6 Å². The molecule has 12 nitrogen and oxygen atoms in total. The van der Waals surface area contributed by atoms with Crippen molar-refractivity contribution in [1.82, 2.24) is 20.7 Å². The van der Waals surface area contributed by atoms with Gasteiger partial charge in [0.05, 0.1) is 50.6 Å². The number of hydrazone groups is 2. The van der Waals surface area contributed by atoms with Gasteiger partial charge in [0.2, 0.25) is 0 Å². The van der Waals surface area contributed by atoms with E-state index in [2.05, 4.69) is 42.5 Å². The van der Waals surface area contributed by atoms with Crippen molar-refractivity contribution >= 4 is 78.5 Å². The van der Waals surface area contributed by atoms with Gasteiger partial charge in [0.1, 0.15) is 11.4 Å². The van der Waals surface area contributed by atoms with E-state index in [-0.39, 0.29) is 24.1 Å². The lowest BCUT2D eigenvalue weighted by molar-refractivity contribution is 0.184. The number of carbonyl (C=O) groups is 2. The number of ether oxygens (including phenoxy) is 4. The van der Waals surface area contributed by atoms with Crippen LogP contribution in [0.25, 0.3) is 0 Å². The molecule has 2 N–H and O–H groups in total. The molecule has 1 unspecified atom stereocenters. The van der Waals surface area contributed by atoms with Gasteiger partial charge in [-0.05, 0) is 74.2 Å². The molecule has 0 fully saturated rings. The maximum Gasteiger partial charge on any atom is 0.337 e. The van der Waals surface area contributed by atoms with E-state index >= 15 is 0 Å². The molecule has 0 aliphatic carbocycles. The Morgan fingerprint density at radius 3 is 1.27 bits per heavy atom. The first-order valence-electron chi connectivity index (χ1n) is 17.4. The predicted molar refractivity (Wildman–Crippen MR) is 228 cm³/mol. The highest BCUT2D eigenvalue weighted by Crippen LogP contribution is 2.44. The number of amides is 4. The second kappa shape index (κ2) is 18.6. The molecule has 4 amide bonds. The van der Waals surface area contributed by atoms with E-state index in [1.165, 1.54) is 10.0 Å². The van der Waals surface area contributed by atoms with Gasteiger partial charge in [-0.2, -0.15) is 10.2 Å². The summed E-state index contributed by atoms with van der Waals surface area (Å²) in [6.45, 7) is 3.88. The smallest absolute Gasteiger partial charge is 0.337 e. The summed E-state index contributed by atoms with van der Waals surface area (Å²) in [7, 11) is 9.40. The van der Waals surface area contributed by atoms with Crippen molar-refractivity contribution in [3.05, 3.63) is 113 Å². The van der Waals surface area contributed by atoms with Crippen molar-refractivity contribution in [3.8, 4) is 23.0 Å². The fourth-order valence-electron chi connectivity index (χ4n) is 6.50. The first-order valence-corrected chi connectivity index (χ1v) is 19.7. The van der Waals surface area contributed by atoms with Crippen molar-refractivity contribution in [1.29, 1.82) is 0 Å². The third-order valence-corrected chi connectivity index (χ3v) is 11.0. The van der Waals surface area contributed by atoms with Crippen molar-refractivity contribution in [2.75, 3.05) is 42.5 Å². The van der Waals surface area contributed by atoms with Crippen LogP contribution >= 0.6 is 55.1 Å². The summed E-state index contributed by atoms with van der Waals surface area (Å²) in [5.41, 5.74) is 6.21. The Morgan fingerprint density at radius 1 is 0.643 bits per heavy atom. The number of benzene rings is 4. The molecule has 0 spiro atoms. The second-order valence-electron chi connectivity index (χ2n) is 12.7. The summed E-state index contributed by atoms with van der Waals surface area (Å²) in [4.78, 5) is 24.9. The highest BCUT2D eigenvalue weighted by atomic mass is 79.9. The maximum atomic E-state index is 12.5. The van der Waals surface area contributed by atoms with Crippen LogP contribution in [0.3, 0.4) is 0 Å². The molecule has 0 saturated heterocycles. The Bertz CT molecular complexity index is 2020. The number of nitrogens with one attached hydrogen (secondary N) is 2. The van der Waals surface area contributed by atoms with Gasteiger partial charge in [-0.1, -0.05) is 79.3 Å². The van der Waals surface area contributed by atoms with Crippen LogP contribution in [0.15, 0.2) is 79.8 Å². The number of hydrogen-bond donors (Lipinski definition) is 2. The standard InChI is InChI=1S/2C20H21BrClN3O3/c2*1-11-9-13-10-15(27-3)19(28-4)17(22)16(13)18(24-25(11)20(26)23-2)12-5-7-14(21)8-6-12/h2*5-8,10-11H,9H2,1-4H3,(H,23,26)/t11-;/m1./s1. The zero-order valence-corrected chi connectivity index (χ0v) is 36.8. The number of urea groups is 2. The summed E-state index contributed by atoms with van der Waals surface area (Å²) in [5.74, 6) is 1.96. The topological polar surface area (TPSA) is 126 Å². The van der Waals surface area contributed by atoms with Crippen molar-refractivity contribution < 1.29 is 28.5 Å². The van der Waals surface area contributed by atoms with E-state index in [1.807, 2.05) is 74.5 Å². The average molecular weight is 934 g/mol. The van der Waals surface area contributed by atoms with Gasteiger partial charge >= 0.3 is 12.1 Å². The molecular weight excluding hydrogens is 891 g/mol. The molecule has 4 aromatic rings. The van der Waals surface area contributed by atoms with Crippen LogP contribution in [0.5, 0.6) is 23.0 Å². The molecule has 0 saturated carbocycles. The maximum absolute atomic E-state index is 12.5. The Balaban J connectivity index is 0.000000214. The van der Waals surface area contributed by atoms with Gasteiger partial charge < -0.3 is 29.6 Å². The number of fused-ring (bicyclic) bond motifs is 2. The predicted octanol–water partition coefficient (Wildman–Crippen LogP) is 8.92. The summed E-state index contributed by atoms with van der Waals surface area (Å²) in [6.07, 6.45) is 1.12. The van der Waals surface area contributed by atoms with E-state index < -0.39 is 0 Å². The lowest BCUT2D eigenvalue weighted by atomic mass is 9.94. The van der Waals surface area contributed by atoms with Crippen molar-refractivity contribution in [3.63, 3.8) is 0 Å². The molecule has 2 atom stereocenters. The summed E-state index contributed by atoms with van der Waals surface area (Å²) in [6, 6.07) is 18.3. The first-order chi connectivity index (χ1) is 26.8. The Labute approximate surface area is 353 Å². The minimum absolute atomic E-state index is 0.180. The van der Waals surface area contributed by atoms with Crippen LogP contribution in [0.4, 0.5) is 9.59 Å². The van der Waals surface area contributed by atoms with Crippen LogP contribution in [0.2, 0.25) is 10.0 Å². The van der Waals surface area contributed by atoms with Crippen molar-refractivity contribution in [2.45, 2.75) is 38.8 Å². The van der Waals surface area contributed by atoms with Gasteiger partial charge in [0.15, 0.2) is 23.0 Å². The zero-order chi connectivity index (χ0) is 40.8. The van der Waals surface area contributed by atoms with Gasteiger partial charge in [-0.15, -0.1) is 0 Å². The van der Waals surface area contributed by atoms with Crippen LogP contribution in [-0.4, -0.2) is 88.1 Å². The van der Waals surface area contributed by atoms with Gasteiger partial charge in [0.25, 0.3) is 0 Å². The average Bonchev–Trinajstić information content (AvgIpc) is 3.44. The quantitative estimate of drug-likeness (QED) is 0.199. The molecule has 16 heteroatoms. The SMILES string of the molecule is CNC(=O)N1N=C(c2ccc(Br)cc2)c2c(cc(OC)c(OC)c2Cl)CC1C.CNC(=O)N1N=C(c2ccc(Br)cc2)c2c(cc(OC)c(OC)c2Cl)C[C@H]1C. The second-order valence-corrected chi connectivity index (χ2v) is 15.3. The number of methoxy groups -OCH3 is 4. The van der Waals surface area contributed by atoms with E-state index in [1.54, 1.807) is 42.5 Å². The fourth-order valence-corrected chi connectivity index (χ4v) is 7.79. The van der Waals surface area contributed by atoms with E-state index in [0.717, 1.165) is 42.3 Å². The minimum Gasteiger partial charge on any atom is -0.493 e. The number of nitrogens with zero attached hydrogens (tertiary/aromatic N) is 4. The number of carbonyl (C=O) groups excluding carboxylic acids is 2. The van der Waals surface area contributed by atoms with Gasteiger partial charge in [-0.3, -0.25) is 0 Å². The molecule has 2 aliphatic rings. The van der Waals surface area contributed by atoms with Crippen LogP contribution < -0.4 is 29.6 Å². The molecule has 0 radical (unpaired) electrons. The normalized spacial score (nSPS) is 16.0. The highest BCUT2D eigenvalue weighted by Gasteiger charge is 2.32. The summed E-state index contributed by atoms with van der Waals surface area (Å²) in [5, 5.41) is 18.4. The molecule has 6 rings (SSSR count). The molecule has 296 valence electrons. The lowest BCUT2D eigenvalue weighted by Gasteiger charge is -2.22. The molecule has 56 heavy (non-hydrogen) atoms. The molecular formula is C40H42Br2Cl2N6O6. The Hall–Kier alpha value is -4.50. The largest absolute Gasteiger partial charge is 0.493 e. The number of halogens is 4. The van der Waals surface area contributed by atoms with Crippen LogP contribution in [0, 0.1) is 0 Å². The monoisotopic (exact) mass is 930 g/mol. The van der Waals surface area contributed by atoms with Gasteiger partial charge in [0, 0.05) is 45.3 Å². The van der Waals surface area contributed by atoms with Crippen LogP contribution in [-0.2, 0) is 12.8 Å². The molecule has 4 aromatic carbocycles. The van der Waals surface area contributed by atoms with E-state index in [9.17, 15) is 9.59 Å². The number of rotatable bonds is 6. The highest BCUT2D eigenvalue weighted by molar-refractivity contribution is 9.10. The first kappa shape index (κ1) is 42.6. The number of hydrogen-bond acceptors (Lipinski definition) is 8. The third-order valence-electron chi connectivity index (χ3n) is 9.22. The zero-order valence-electron chi connectivity index (χ0n) is 32.1. The third kappa shape index (κ3) is 8.73. The Kier molecular flexibility index (Phi) is 14.2. The minimum atomic E-state index is -0.287.